The summed E-state index contributed by atoms with van der Waals surface area (Å²) in [6.45, 7) is 3.88. The zero-order chi connectivity index (χ0) is 11.1. The molecule has 6 nitrogen and oxygen atoms in total. The molecule has 0 heterocycles. The van der Waals surface area contributed by atoms with Crippen LogP contribution in [0, 0.1) is 5.92 Å². The molecule has 0 aliphatic heterocycles. The van der Waals surface area contributed by atoms with Gasteiger partial charge in [-0.1, -0.05) is 13.8 Å². The number of rotatable bonds is 4. The molecule has 0 aromatic rings. The van der Waals surface area contributed by atoms with Crippen LogP contribution in [0.2, 0.25) is 0 Å². The van der Waals surface area contributed by atoms with E-state index < -0.39 is 18.0 Å². The van der Waals surface area contributed by atoms with E-state index in [2.05, 4.69) is 10.1 Å². The zero-order valence-corrected chi connectivity index (χ0v) is 8.66. The van der Waals surface area contributed by atoms with Gasteiger partial charge in [0.2, 0.25) is 0 Å². The summed E-state index contributed by atoms with van der Waals surface area (Å²) in [5, 5.41) is 2.40. The minimum Gasteiger partial charge on any atom is -0.453 e. The standard InChI is InChI=1S/C8H17N3O3/c1-5(2)4-6(7(12)11-9)10-8(13)14-3/h5-6H,4,9H2,1-3H3,(H,10,13)(H,11,12). The average molecular weight is 203 g/mol. The second-order valence-corrected chi connectivity index (χ2v) is 3.33. The van der Waals surface area contributed by atoms with Crippen LogP contribution in [-0.2, 0) is 9.53 Å². The average Bonchev–Trinajstić information content (AvgIpc) is 2.14. The number of alkyl carbamates (subject to hydrolysis) is 1. The molecule has 1 unspecified atom stereocenters. The van der Waals surface area contributed by atoms with Gasteiger partial charge in [0.1, 0.15) is 6.04 Å². The molecule has 0 aromatic heterocycles. The third kappa shape index (κ3) is 4.66. The lowest BCUT2D eigenvalue weighted by molar-refractivity contribution is -0.123. The molecular formula is C8H17N3O3. The molecule has 1 atom stereocenters. The number of amides is 2. The van der Waals surface area contributed by atoms with Crippen LogP contribution in [-0.4, -0.2) is 25.2 Å². The molecule has 0 bridgehead atoms. The van der Waals surface area contributed by atoms with E-state index in [-0.39, 0.29) is 5.92 Å². The van der Waals surface area contributed by atoms with Gasteiger partial charge in [-0.3, -0.25) is 10.2 Å². The highest BCUT2D eigenvalue weighted by Gasteiger charge is 2.21. The normalized spacial score (nSPS) is 12.1. The smallest absolute Gasteiger partial charge is 0.407 e. The molecule has 6 heteroatoms. The Kier molecular flexibility index (Phi) is 5.62. The molecule has 82 valence electrons. The predicted molar refractivity (Wildman–Crippen MR) is 51.1 cm³/mol. The van der Waals surface area contributed by atoms with E-state index in [0.717, 1.165) is 0 Å². The van der Waals surface area contributed by atoms with Crippen molar-refractivity contribution in [1.82, 2.24) is 10.7 Å². The van der Waals surface area contributed by atoms with E-state index in [1.54, 1.807) is 0 Å². The maximum Gasteiger partial charge on any atom is 0.407 e. The second kappa shape index (κ2) is 6.20. The number of hydrazine groups is 1. The van der Waals surface area contributed by atoms with Crippen molar-refractivity contribution in [3.63, 3.8) is 0 Å². The van der Waals surface area contributed by atoms with E-state index >= 15 is 0 Å². The van der Waals surface area contributed by atoms with Crippen LogP contribution in [0.4, 0.5) is 4.79 Å². The summed E-state index contributed by atoms with van der Waals surface area (Å²) in [6, 6.07) is -0.646. The van der Waals surface area contributed by atoms with Crippen LogP contribution < -0.4 is 16.6 Å². The van der Waals surface area contributed by atoms with Gasteiger partial charge in [-0.25, -0.2) is 10.6 Å². The summed E-state index contributed by atoms with van der Waals surface area (Å²) < 4.78 is 4.39. The van der Waals surface area contributed by atoms with Crippen LogP contribution in [0.25, 0.3) is 0 Å². The van der Waals surface area contributed by atoms with Gasteiger partial charge in [0.25, 0.3) is 5.91 Å². The minimum atomic E-state index is -0.646. The van der Waals surface area contributed by atoms with Crippen LogP contribution >= 0.6 is 0 Å². The van der Waals surface area contributed by atoms with Gasteiger partial charge in [-0.2, -0.15) is 0 Å². The lowest BCUT2D eigenvalue weighted by atomic mass is 10.0. The fraction of sp³-hybridized carbons (Fsp3) is 0.750. The molecule has 0 aliphatic rings. The van der Waals surface area contributed by atoms with E-state index in [4.69, 9.17) is 5.84 Å². The van der Waals surface area contributed by atoms with Gasteiger partial charge in [-0.05, 0) is 12.3 Å². The van der Waals surface area contributed by atoms with Crippen molar-refractivity contribution >= 4 is 12.0 Å². The summed E-state index contributed by atoms with van der Waals surface area (Å²) >= 11 is 0. The summed E-state index contributed by atoms with van der Waals surface area (Å²) in [5.41, 5.74) is 1.99. The summed E-state index contributed by atoms with van der Waals surface area (Å²) in [7, 11) is 1.24. The topological polar surface area (TPSA) is 93.4 Å². The summed E-state index contributed by atoms with van der Waals surface area (Å²) in [6.07, 6.45) is -0.128. The molecule has 4 N–H and O–H groups in total. The minimum absolute atomic E-state index is 0.273. The number of carbonyl (C=O) groups excluding carboxylic acids is 2. The quantitative estimate of drug-likeness (QED) is 0.333. The van der Waals surface area contributed by atoms with Crippen molar-refractivity contribution in [2.24, 2.45) is 11.8 Å². The van der Waals surface area contributed by atoms with Crippen molar-refractivity contribution in [2.75, 3.05) is 7.11 Å². The molecule has 0 aromatic carbocycles. The number of hydrogen-bond acceptors (Lipinski definition) is 4. The number of hydrogen-bond donors (Lipinski definition) is 3. The zero-order valence-electron chi connectivity index (χ0n) is 8.66. The highest BCUT2D eigenvalue weighted by atomic mass is 16.5. The third-order valence-corrected chi connectivity index (χ3v) is 1.64. The lowest BCUT2D eigenvalue weighted by Crippen LogP contribution is -2.49. The lowest BCUT2D eigenvalue weighted by Gasteiger charge is -2.17. The van der Waals surface area contributed by atoms with Gasteiger partial charge in [-0.15, -0.1) is 0 Å². The Labute approximate surface area is 83.1 Å². The van der Waals surface area contributed by atoms with Gasteiger partial charge in [0.15, 0.2) is 0 Å². The highest BCUT2D eigenvalue weighted by molar-refractivity contribution is 5.85. The third-order valence-electron chi connectivity index (χ3n) is 1.64. The Balaban J connectivity index is 4.24. The number of carbonyl (C=O) groups is 2. The van der Waals surface area contributed by atoms with E-state index in [0.29, 0.717) is 6.42 Å². The van der Waals surface area contributed by atoms with Crippen LogP contribution in [0.5, 0.6) is 0 Å². The van der Waals surface area contributed by atoms with E-state index in [9.17, 15) is 9.59 Å². The van der Waals surface area contributed by atoms with Crippen LogP contribution in [0.15, 0.2) is 0 Å². The van der Waals surface area contributed by atoms with Crippen molar-refractivity contribution in [3.8, 4) is 0 Å². The van der Waals surface area contributed by atoms with Gasteiger partial charge in [0.05, 0.1) is 7.11 Å². The Bertz CT molecular complexity index is 206. The number of ether oxygens (including phenoxy) is 1. The molecule has 0 saturated heterocycles. The molecule has 0 radical (unpaired) electrons. The molecule has 2 amide bonds. The molecule has 14 heavy (non-hydrogen) atoms. The second-order valence-electron chi connectivity index (χ2n) is 3.33. The maximum absolute atomic E-state index is 11.2. The van der Waals surface area contributed by atoms with Crippen molar-refractivity contribution in [2.45, 2.75) is 26.3 Å². The Morgan fingerprint density at radius 3 is 2.36 bits per heavy atom. The van der Waals surface area contributed by atoms with Crippen molar-refractivity contribution in [3.05, 3.63) is 0 Å². The van der Waals surface area contributed by atoms with Crippen LogP contribution in [0.3, 0.4) is 0 Å². The fourth-order valence-corrected chi connectivity index (χ4v) is 1.00. The molecule has 0 saturated carbocycles. The monoisotopic (exact) mass is 203 g/mol. The first-order chi connectivity index (χ1) is 6.51. The molecular weight excluding hydrogens is 186 g/mol. The van der Waals surface area contributed by atoms with Gasteiger partial charge in [0, 0.05) is 0 Å². The number of nitrogens with two attached hydrogens (primary N) is 1. The van der Waals surface area contributed by atoms with Crippen LogP contribution in [0.1, 0.15) is 20.3 Å². The predicted octanol–water partition coefficient (Wildman–Crippen LogP) is -0.253. The number of methoxy groups -OCH3 is 1. The molecule has 0 aliphatic carbocycles. The largest absolute Gasteiger partial charge is 0.453 e. The van der Waals surface area contributed by atoms with Gasteiger partial charge >= 0.3 is 6.09 Å². The first kappa shape index (κ1) is 12.7. The summed E-state index contributed by atoms with van der Waals surface area (Å²) in [4.78, 5) is 22.1. The van der Waals surface area contributed by atoms with E-state index in [1.807, 2.05) is 19.3 Å². The maximum atomic E-state index is 11.2. The molecule has 0 rings (SSSR count). The van der Waals surface area contributed by atoms with E-state index in [1.165, 1.54) is 7.11 Å². The molecule has 0 fully saturated rings. The summed E-state index contributed by atoms with van der Waals surface area (Å²) in [5.74, 6) is 4.82. The molecule has 0 spiro atoms. The van der Waals surface area contributed by atoms with Gasteiger partial charge < -0.3 is 10.1 Å². The Morgan fingerprint density at radius 1 is 1.43 bits per heavy atom. The Hall–Kier alpha value is -1.30. The highest BCUT2D eigenvalue weighted by Crippen LogP contribution is 2.04. The number of nitrogens with one attached hydrogen (secondary N) is 2. The first-order valence-electron chi connectivity index (χ1n) is 4.36. The SMILES string of the molecule is COC(=O)NC(CC(C)C)C(=O)NN. The fourth-order valence-electron chi connectivity index (χ4n) is 1.00. The Morgan fingerprint density at radius 2 is 2.00 bits per heavy atom. The first-order valence-corrected chi connectivity index (χ1v) is 4.36. The van der Waals surface area contributed by atoms with Crippen molar-refractivity contribution in [1.29, 1.82) is 0 Å². The van der Waals surface area contributed by atoms with Crippen molar-refractivity contribution < 1.29 is 14.3 Å².